The van der Waals surface area contributed by atoms with Crippen molar-refractivity contribution in [3.05, 3.63) is 42.0 Å². The molecule has 8 unspecified atom stereocenters. The van der Waals surface area contributed by atoms with E-state index < -0.39 is 20.7 Å². The summed E-state index contributed by atoms with van der Waals surface area (Å²) in [5.41, 5.74) is 1.16. The normalized spacial score (nSPS) is 37.0. The SMILES string of the molecule is CC.CC1(C)CCC(O)(CC(CCC2CCC3C4CC=C5CC(O)CCC5C4CCC23C)S(=O)(=O)c2ccccc2)CC1. The Balaban J connectivity index is 0.00000180. The molecule has 0 radical (unpaired) electrons. The van der Waals surface area contributed by atoms with E-state index in [2.05, 4.69) is 26.8 Å². The van der Waals surface area contributed by atoms with E-state index in [1.165, 1.54) is 32.1 Å². The van der Waals surface area contributed by atoms with E-state index in [0.29, 0.717) is 42.4 Å². The highest BCUT2D eigenvalue weighted by molar-refractivity contribution is 7.92. The fourth-order valence-corrected chi connectivity index (χ4v) is 12.3. The highest BCUT2D eigenvalue weighted by Crippen LogP contribution is 2.64. The molecule has 0 aromatic heterocycles. The van der Waals surface area contributed by atoms with Crippen LogP contribution in [0.4, 0.5) is 0 Å². The van der Waals surface area contributed by atoms with Gasteiger partial charge in [-0.2, -0.15) is 0 Å². The fourth-order valence-electron chi connectivity index (χ4n) is 10.4. The topological polar surface area (TPSA) is 74.6 Å². The third-order valence-corrected chi connectivity index (χ3v) is 15.3. The van der Waals surface area contributed by atoms with E-state index in [1.807, 2.05) is 32.0 Å². The summed E-state index contributed by atoms with van der Waals surface area (Å²) in [6.07, 6.45) is 16.8. The minimum Gasteiger partial charge on any atom is -0.393 e. The van der Waals surface area contributed by atoms with Crippen LogP contribution < -0.4 is 0 Å². The standard InChI is InChI=1S/C36H54O4S.C2H6/c1-34(2)19-21-36(38,22-20-34)24-29(41(39,40)28-7-5-4-6-8-28)13-10-26-11-16-33-32-14-9-25-23-27(37)12-15-30(25)31(32)17-18-35(26,33)3;1-2/h4-9,26-27,29-33,37-38H,10-24H2,1-3H3;1-2H3. The Bertz CT molecular complexity index is 1210. The van der Waals surface area contributed by atoms with Crippen molar-refractivity contribution in [3.63, 3.8) is 0 Å². The monoisotopic (exact) mass is 612 g/mol. The van der Waals surface area contributed by atoms with Crippen LogP contribution >= 0.6 is 0 Å². The molecule has 0 heterocycles. The summed E-state index contributed by atoms with van der Waals surface area (Å²) in [6, 6.07) is 8.98. The van der Waals surface area contributed by atoms with Crippen molar-refractivity contribution in [2.45, 2.75) is 153 Å². The molecule has 5 aliphatic rings. The van der Waals surface area contributed by atoms with E-state index in [-0.39, 0.29) is 16.9 Å². The van der Waals surface area contributed by atoms with Crippen molar-refractivity contribution in [3.8, 4) is 0 Å². The van der Waals surface area contributed by atoms with Crippen LogP contribution in [0.5, 0.6) is 0 Å². The number of sulfone groups is 1. The van der Waals surface area contributed by atoms with E-state index >= 15 is 0 Å². The highest BCUT2D eigenvalue weighted by atomic mass is 32.2. The van der Waals surface area contributed by atoms with E-state index in [0.717, 1.165) is 56.3 Å². The average Bonchev–Trinajstić information content (AvgIpc) is 3.34. The zero-order valence-electron chi connectivity index (χ0n) is 27.7. The van der Waals surface area contributed by atoms with E-state index in [1.54, 1.807) is 17.7 Å². The smallest absolute Gasteiger partial charge is 0.181 e. The molecule has 5 heteroatoms. The lowest BCUT2D eigenvalue weighted by atomic mass is 9.51. The maximum atomic E-state index is 14.1. The number of hydrogen-bond donors (Lipinski definition) is 2. The maximum absolute atomic E-state index is 14.1. The largest absolute Gasteiger partial charge is 0.393 e. The molecule has 0 bridgehead atoms. The van der Waals surface area contributed by atoms with Gasteiger partial charge in [0, 0.05) is 0 Å². The van der Waals surface area contributed by atoms with Crippen LogP contribution in [0.2, 0.25) is 0 Å². The van der Waals surface area contributed by atoms with Crippen LogP contribution in [0.3, 0.4) is 0 Å². The molecule has 4 nitrogen and oxygen atoms in total. The first-order chi connectivity index (χ1) is 20.4. The predicted molar refractivity (Wildman–Crippen MR) is 176 cm³/mol. The molecule has 242 valence electrons. The van der Waals surface area contributed by atoms with E-state index in [9.17, 15) is 18.6 Å². The van der Waals surface area contributed by atoms with E-state index in [4.69, 9.17) is 0 Å². The summed E-state index contributed by atoms with van der Waals surface area (Å²) >= 11 is 0. The minimum atomic E-state index is -3.53. The van der Waals surface area contributed by atoms with Crippen LogP contribution in [0.1, 0.15) is 131 Å². The van der Waals surface area contributed by atoms with Gasteiger partial charge in [-0.1, -0.05) is 64.5 Å². The first-order valence-electron chi connectivity index (χ1n) is 17.8. The first-order valence-corrected chi connectivity index (χ1v) is 19.3. The molecule has 4 fully saturated rings. The molecule has 6 rings (SSSR count). The molecule has 1 aromatic rings. The van der Waals surface area contributed by atoms with Crippen LogP contribution in [-0.2, 0) is 9.84 Å². The zero-order chi connectivity index (χ0) is 31.0. The molecule has 43 heavy (non-hydrogen) atoms. The molecule has 0 spiro atoms. The van der Waals surface area contributed by atoms with Gasteiger partial charge >= 0.3 is 0 Å². The molecule has 8 atom stereocenters. The second-order valence-corrected chi connectivity index (χ2v) is 18.2. The second-order valence-electron chi connectivity index (χ2n) is 16.0. The second kappa shape index (κ2) is 12.9. The van der Waals surface area contributed by atoms with Crippen LogP contribution in [0, 0.1) is 40.4 Å². The fraction of sp³-hybridized carbons (Fsp3) is 0.789. The molecule has 5 aliphatic carbocycles. The van der Waals surface area contributed by atoms with Crippen molar-refractivity contribution in [2.24, 2.45) is 40.4 Å². The van der Waals surface area contributed by atoms with Crippen molar-refractivity contribution in [1.82, 2.24) is 0 Å². The van der Waals surface area contributed by atoms with Crippen LogP contribution in [0.15, 0.2) is 46.9 Å². The lowest BCUT2D eigenvalue weighted by Gasteiger charge is -2.54. The summed E-state index contributed by atoms with van der Waals surface area (Å²) < 4.78 is 28.1. The van der Waals surface area contributed by atoms with Crippen LogP contribution in [-0.4, -0.2) is 35.6 Å². The van der Waals surface area contributed by atoms with Crippen molar-refractivity contribution >= 4 is 9.84 Å². The number of hydrogen-bond acceptors (Lipinski definition) is 4. The summed E-state index contributed by atoms with van der Waals surface area (Å²) in [6.45, 7) is 11.1. The Morgan fingerprint density at radius 2 is 1.58 bits per heavy atom. The Labute approximate surface area is 263 Å². The predicted octanol–water partition coefficient (Wildman–Crippen LogP) is 8.91. The van der Waals surface area contributed by atoms with Gasteiger partial charge < -0.3 is 10.2 Å². The number of aliphatic hydroxyl groups excluding tert-OH is 1. The molecule has 0 saturated heterocycles. The van der Waals surface area contributed by atoms with Crippen molar-refractivity contribution < 1.29 is 18.6 Å². The van der Waals surface area contributed by atoms with Gasteiger partial charge in [-0.25, -0.2) is 8.42 Å². The third-order valence-electron chi connectivity index (χ3n) is 13.1. The van der Waals surface area contributed by atoms with Gasteiger partial charge in [0.05, 0.1) is 21.9 Å². The van der Waals surface area contributed by atoms with Gasteiger partial charge in [-0.3, -0.25) is 0 Å². The summed E-state index contributed by atoms with van der Waals surface area (Å²) in [7, 11) is -3.53. The minimum absolute atomic E-state index is 0.142. The van der Waals surface area contributed by atoms with Gasteiger partial charge in [-0.15, -0.1) is 0 Å². The Hall–Kier alpha value is -1.17. The Morgan fingerprint density at radius 1 is 0.884 bits per heavy atom. The number of aliphatic hydroxyl groups is 2. The van der Waals surface area contributed by atoms with Crippen LogP contribution in [0.25, 0.3) is 0 Å². The lowest BCUT2D eigenvalue weighted by Crippen LogP contribution is -2.46. The summed E-state index contributed by atoms with van der Waals surface area (Å²) in [5, 5.41) is 21.4. The number of fused-ring (bicyclic) bond motifs is 5. The van der Waals surface area contributed by atoms with Gasteiger partial charge in [0.2, 0.25) is 0 Å². The van der Waals surface area contributed by atoms with Crippen molar-refractivity contribution in [1.29, 1.82) is 0 Å². The molecule has 0 amide bonds. The molecule has 4 saturated carbocycles. The van der Waals surface area contributed by atoms with Crippen molar-refractivity contribution in [2.75, 3.05) is 0 Å². The summed E-state index contributed by atoms with van der Waals surface area (Å²) in [5.74, 6) is 3.49. The highest BCUT2D eigenvalue weighted by Gasteiger charge is 2.56. The Kier molecular flexibility index (Phi) is 9.97. The quantitative estimate of drug-likeness (QED) is 0.302. The molecule has 0 aliphatic heterocycles. The molecular formula is C38H60O4S. The van der Waals surface area contributed by atoms with Gasteiger partial charge in [0.15, 0.2) is 9.84 Å². The average molecular weight is 613 g/mol. The summed E-state index contributed by atoms with van der Waals surface area (Å²) in [4.78, 5) is 0.406. The molecule has 1 aromatic carbocycles. The lowest BCUT2D eigenvalue weighted by molar-refractivity contribution is -0.0348. The first kappa shape index (κ1) is 33.2. The molecular weight excluding hydrogens is 552 g/mol. The number of benzene rings is 1. The molecule has 2 N–H and O–H groups in total. The number of rotatable bonds is 7. The maximum Gasteiger partial charge on any atom is 0.181 e. The van der Waals surface area contributed by atoms with Gasteiger partial charge in [0.25, 0.3) is 0 Å². The third kappa shape index (κ3) is 6.70. The number of allylic oxidation sites excluding steroid dienone is 1. The van der Waals surface area contributed by atoms with Gasteiger partial charge in [-0.05, 0) is 149 Å². The zero-order valence-corrected chi connectivity index (χ0v) is 28.5. The van der Waals surface area contributed by atoms with Gasteiger partial charge in [0.1, 0.15) is 0 Å². The Morgan fingerprint density at radius 3 is 2.28 bits per heavy atom.